The summed E-state index contributed by atoms with van der Waals surface area (Å²) >= 11 is 0. The minimum absolute atomic E-state index is 0.0257. The van der Waals surface area contributed by atoms with E-state index in [0.29, 0.717) is 23.3 Å². The number of aromatic nitrogens is 4. The average Bonchev–Trinajstić information content (AvgIpc) is 3.26. The number of nitrogens with zero attached hydrogens (tertiary/aromatic N) is 6. The number of phenolic OH excluding ortho intramolecular Hbond substituents is 1. The van der Waals surface area contributed by atoms with E-state index in [1.54, 1.807) is 19.3 Å². The fourth-order valence-electron chi connectivity index (χ4n) is 6.46. The molecule has 5 aromatic rings. The number of phenols is 1. The Morgan fingerprint density at radius 2 is 2.02 bits per heavy atom. The van der Waals surface area contributed by atoms with Crippen molar-refractivity contribution in [3.05, 3.63) is 65.4 Å². The zero-order valence-electron chi connectivity index (χ0n) is 25.5. The molecule has 10 nitrogen and oxygen atoms in total. The van der Waals surface area contributed by atoms with Crippen molar-refractivity contribution < 1.29 is 27.8 Å². The third-order valence-electron chi connectivity index (χ3n) is 8.84. The highest BCUT2D eigenvalue weighted by molar-refractivity contribution is 6.04. The molecule has 0 amide bonds. The number of halogens is 3. The Balaban J connectivity index is 1.46. The lowest BCUT2D eigenvalue weighted by Gasteiger charge is -2.30. The maximum absolute atomic E-state index is 17.0. The number of likely N-dealkylation sites (N-methyl/N-ethyl adjacent to an activating group) is 1. The number of pyridine rings is 2. The van der Waals surface area contributed by atoms with Crippen molar-refractivity contribution in [2.45, 2.75) is 31.6 Å². The van der Waals surface area contributed by atoms with Crippen molar-refractivity contribution in [2.24, 2.45) is 0 Å². The quantitative estimate of drug-likeness (QED) is 0.240. The second kappa shape index (κ2) is 11.8. The van der Waals surface area contributed by atoms with Gasteiger partial charge in [0.25, 0.3) is 0 Å². The Kier molecular flexibility index (Phi) is 7.60. The normalized spacial score (nSPS) is 18.6. The maximum Gasteiger partial charge on any atom is 0.319 e. The predicted molar refractivity (Wildman–Crippen MR) is 171 cm³/mol. The van der Waals surface area contributed by atoms with Crippen molar-refractivity contribution in [1.82, 2.24) is 24.8 Å². The molecule has 1 fully saturated rings. The van der Waals surface area contributed by atoms with E-state index in [0.717, 1.165) is 0 Å². The van der Waals surface area contributed by atoms with Gasteiger partial charge < -0.3 is 25.2 Å². The van der Waals surface area contributed by atoms with Gasteiger partial charge in [0.1, 0.15) is 59.2 Å². The lowest BCUT2D eigenvalue weighted by Crippen LogP contribution is -2.32. The molecule has 2 aliphatic rings. The van der Waals surface area contributed by atoms with E-state index in [1.165, 1.54) is 24.3 Å². The summed E-state index contributed by atoms with van der Waals surface area (Å²) < 4.78 is 58.1. The van der Waals surface area contributed by atoms with Crippen LogP contribution in [0.15, 0.2) is 42.6 Å². The van der Waals surface area contributed by atoms with Gasteiger partial charge >= 0.3 is 6.01 Å². The molecule has 0 aliphatic carbocycles. The zero-order chi connectivity index (χ0) is 33.0. The fourth-order valence-corrected chi connectivity index (χ4v) is 6.46. The Morgan fingerprint density at radius 3 is 2.77 bits per heavy atom. The third-order valence-corrected chi connectivity index (χ3v) is 8.84. The largest absolute Gasteiger partial charge is 0.508 e. The van der Waals surface area contributed by atoms with Gasteiger partial charge in [-0.15, -0.1) is 6.42 Å². The molecule has 3 N–H and O–H groups in total. The van der Waals surface area contributed by atoms with Crippen LogP contribution in [0.25, 0.3) is 32.9 Å². The molecule has 0 radical (unpaired) electrons. The first kappa shape index (κ1) is 30.3. The summed E-state index contributed by atoms with van der Waals surface area (Å²) in [6.45, 7) is 2.68. The van der Waals surface area contributed by atoms with Crippen molar-refractivity contribution in [1.29, 1.82) is 0 Å². The maximum atomic E-state index is 17.0. The minimum atomic E-state index is -0.988. The summed E-state index contributed by atoms with van der Waals surface area (Å²) in [5.41, 5.74) is 6.44. The molecule has 2 aliphatic heterocycles. The highest BCUT2D eigenvalue weighted by Crippen LogP contribution is 2.44. The second-order valence-corrected chi connectivity index (χ2v) is 11.7. The highest BCUT2D eigenvalue weighted by atomic mass is 19.1. The van der Waals surface area contributed by atoms with E-state index < -0.39 is 23.8 Å². The van der Waals surface area contributed by atoms with E-state index in [1.807, 2.05) is 22.8 Å². The fraction of sp³-hybridized carbons (Fsp3) is 0.294. The molecule has 3 atom stereocenters. The van der Waals surface area contributed by atoms with Crippen LogP contribution in [0.1, 0.15) is 30.5 Å². The lowest BCUT2D eigenvalue weighted by molar-refractivity contribution is 0.188. The molecule has 0 saturated carbocycles. The smallest absolute Gasteiger partial charge is 0.319 e. The molecular weight excluding hydrogens is 611 g/mol. The van der Waals surface area contributed by atoms with Gasteiger partial charge in [0, 0.05) is 35.3 Å². The third kappa shape index (κ3) is 5.24. The Labute approximate surface area is 268 Å². The van der Waals surface area contributed by atoms with Crippen LogP contribution in [-0.2, 0) is 0 Å². The number of aromatic hydroxyl groups is 1. The molecule has 5 heterocycles. The van der Waals surface area contributed by atoms with Gasteiger partial charge in [0.05, 0.1) is 18.2 Å². The predicted octanol–water partition coefficient (Wildman–Crippen LogP) is 5.17. The molecule has 13 heteroatoms. The first-order chi connectivity index (χ1) is 22.6. The summed E-state index contributed by atoms with van der Waals surface area (Å²) in [5.74, 6) is 1.19. The van der Waals surface area contributed by atoms with Crippen molar-refractivity contribution in [3.8, 4) is 41.2 Å². The van der Waals surface area contributed by atoms with Gasteiger partial charge in [-0.05, 0) is 50.0 Å². The number of hydrogen-bond donors (Lipinski definition) is 2. The SMILES string of the molecule is C#Cc1c(F)ccc2cc(O)cc(-c3nc4c5c(nc(OC[C@@H]6C[C@@H](F)CN6C)nc5c3F)N(C(C)c3cccnc3N)CCO4)c12. The van der Waals surface area contributed by atoms with Crippen LogP contribution in [0.4, 0.5) is 24.8 Å². The van der Waals surface area contributed by atoms with Gasteiger partial charge in [0.15, 0.2) is 5.82 Å². The highest BCUT2D eigenvalue weighted by Gasteiger charge is 2.33. The van der Waals surface area contributed by atoms with Crippen LogP contribution in [0.5, 0.6) is 17.6 Å². The molecule has 240 valence electrons. The van der Waals surface area contributed by atoms with Crippen LogP contribution in [0, 0.1) is 24.0 Å². The van der Waals surface area contributed by atoms with E-state index >= 15 is 4.39 Å². The van der Waals surface area contributed by atoms with E-state index in [4.69, 9.17) is 26.6 Å². The van der Waals surface area contributed by atoms with Crippen LogP contribution in [-0.4, -0.2) is 75.5 Å². The summed E-state index contributed by atoms with van der Waals surface area (Å²) in [5, 5.41) is 11.4. The van der Waals surface area contributed by atoms with Gasteiger partial charge in [-0.25, -0.2) is 23.1 Å². The molecule has 2 aromatic carbocycles. The Bertz CT molecular complexity index is 2090. The molecule has 1 unspecified atom stereocenters. The molecule has 47 heavy (non-hydrogen) atoms. The Morgan fingerprint density at radius 1 is 1.19 bits per heavy atom. The number of likely N-dealkylation sites (tertiary alicyclic amines) is 1. The number of benzene rings is 2. The van der Waals surface area contributed by atoms with Crippen LogP contribution >= 0.6 is 0 Å². The van der Waals surface area contributed by atoms with Crippen molar-refractivity contribution in [2.75, 3.05) is 44.0 Å². The number of alkyl halides is 1. The number of rotatable bonds is 6. The zero-order valence-corrected chi connectivity index (χ0v) is 25.5. The number of nitrogens with two attached hydrogens (primary N) is 1. The summed E-state index contributed by atoms with van der Waals surface area (Å²) in [6, 6.07) is 8.14. The molecule has 3 aromatic heterocycles. The van der Waals surface area contributed by atoms with E-state index in [9.17, 15) is 13.9 Å². The van der Waals surface area contributed by atoms with Crippen LogP contribution < -0.4 is 20.1 Å². The standard InChI is InChI=1S/C34H30F3N7O3/c1-4-22-25(36)8-7-18-12-21(45)14-24(26(18)22)29-28(37)30-27-32(42-34(41-30)47-16-20-13-19(35)15-43(20)3)44(10-11-46-33(27)40-29)17(2)23-6-5-9-39-31(23)38/h1,5-9,12,14,17,19-20,45H,10-11,13,15-16H2,2-3H3,(H2,38,39)/t17?,19-,20+/m1/s1. The number of terminal acetylenes is 1. The summed E-state index contributed by atoms with van der Waals surface area (Å²) in [4.78, 5) is 21.7. The number of fused-ring (bicyclic) bond motifs is 1. The van der Waals surface area contributed by atoms with Gasteiger partial charge in [-0.2, -0.15) is 9.97 Å². The minimum Gasteiger partial charge on any atom is -0.508 e. The number of nitrogen functional groups attached to an aromatic ring is 1. The average molecular weight is 642 g/mol. The number of ether oxygens (including phenoxy) is 2. The lowest BCUT2D eigenvalue weighted by atomic mass is 9.95. The van der Waals surface area contributed by atoms with Crippen molar-refractivity contribution >= 4 is 33.3 Å². The second-order valence-electron chi connectivity index (χ2n) is 11.7. The van der Waals surface area contributed by atoms with E-state index in [2.05, 4.69) is 20.9 Å². The Hall–Kier alpha value is -5.35. The summed E-state index contributed by atoms with van der Waals surface area (Å²) in [6.07, 6.45) is 6.57. The topological polar surface area (TPSA) is 123 Å². The van der Waals surface area contributed by atoms with Crippen molar-refractivity contribution in [3.63, 3.8) is 0 Å². The van der Waals surface area contributed by atoms with Crippen LogP contribution in [0.2, 0.25) is 0 Å². The number of hydrogen-bond acceptors (Lipinski definition) is 10. The van der Waals surface area contributed by atoms with Gasteiger partial charge in [0.2, 0.25) is 5.88 Å². The molecule has 1 saturated heterocycles. The number of anilines is 2. The molecule has 7 rings (SSSR count). The van der Waals surface area contributed by atoms with Crippen LogP contribution in [0.3, 0.4) is 0 Å². The first-order valence-electron chi connectivity index (χ1n) is 15.0. The van der Waals surface area contributed by atoms with Gasteiger partial charge in [-0.3, -0.25) is 4.90 Å². The molecule has 0 bridgehead atoms. The summed E-state index contributed by atoms with van der Waals surface area (Å²) in [7, 11) is 1.80. The van der Waals surface area contributed by atoms with Gasteiger partial charge in [-0.1, -0.05) is 18.1 Å². The van der Waals surface area contributed by atoms with E-state index in [-0.39, 0.29) is 88.8 Å². The molecule has 0 spiro atoms. The molecular formula is C34H30F3N7O3. The monoisotopic (exact) mass is 641 g/mol. The first-order valence-corrected chi connectivity index (χ1v) is 15.0.